The molecule has 132 valence electrons. The number of hydrogen-bond donors (Lipinski definition) is 0. The Hall–Kier alpha value is -2.64. The number of carbonyl (C=O) groups is 1. The summed E-state index contributed by atoms with van der Waals surface area (Å²) in [5, 5.41) is 4.46. The Balaban J connectivity index is 1.82. The molecular formula is C18H22N4O3. The van der Waals surface area contributed by atoms with Gasteiger partial charge in [-0.2, -0.15) is 5.10 Å². The van der Waals surface area contributed by atoms with Crippen LogP contribution < -0.4 is 0 Å². The Bertz CT molecular complexity index is 832. The van der Waals surface area contributed by atoms with E-state index in [9.17, 15) is 4.79 Å². The summed E-state index contributed by atoms with van der Waals surface area (Å²) in [4.78, 5) is 14.4. The highest BCUT2D eigenvalue weighted by Crippen LogP contribution is 2.14. The quantitative estimate of drug-likeness (QED) is 0.627. The summed E-state index contributed by atoms with van der Waals surface area (Å²) in [7, 11) is 3.23. The van der Waals surface area contributed by atoms with E-state index in [1.165, 1.54) is 0 Å². The van der Waals surface area contributed by atoms with Crippen molar-refractivity contribution in [2.45, 2.75) is 0 Å². The molecule has 3 aromatic rings. The molecule has 0 aromatic carbocycles. The highest BCUT2D eigenvalue weighted by atomic mass is 16.5. The van der Waals surface area contributed by atoms with Crippen molar-refractivity contribution >= 4 is 11.4 Å². The van der Waals surface area contributed by atoms with Crippen molar-refractivity contribution in [3.05, 3.63) is 54.5 Å². The Labute approximate surface area is 146 Å². The molecule has 0 saturated carbocycles. The number of pyridine rings is 1. The maximum atomic E-state index is 12.7. The zero-order valence-electron chi connectivity index (χ0n) is 14.5. The van der Waals surface area contributed by atoms with Gasteiger partial charge < -0.3 is 18.8 Å². The minimum atomic E-state index is -0.131. The molecule has 0 bridgehead atoms. The molecule has 0 spiro atoms. The number of aromatic nitrogens is 3. The van der Waals surface area contributed by atoms with Gasteiger partial charge >= 0.3 is 0 Å². The van der Waals surface area contributed by atoms with E-state index in [-0.39, 0.29) is 5.91 Å². The second-order valence-electron chi connectivity index (χ2n) is 5.61. The van der Waals surface area contributed by atoms with Crippen molar-refractivity contribution < 1.29 is 14.3 Å². The normalized spacial score (nSPS) is 11.1. The van der Waals surface area contributed by atoms with Gasteiger partial charge in [-0.3, -0.25) is 4.79 Å². The van der Waals surface area contributed by atoms with Crippen LogP contribution in [0.4, 0.5) is 0 Å². The molecule has 0 unspecified atom stereocenters. The van der Waals surface area contributed by atoms with E-state index in [0.29, 0.717) is 32.0 Å². The molecule has 0 aliphatic heterocycles. The van der Waals surface area contributed by atoms with Gasteiger partial charge in [-0.1, -0.05) is 6.07 Å². The van der Waals surface area contributed by atoms with Crippen LogP contribution in [-0.2, 0) is 9.47 Å². The molecule has 0 radical (unpaired) electrons. The number of carbonyl (C=O) groups excluding carboxylic acids is 1. The van der Waals surface area contributed by atoms with E-state index in [2.05, 4.69) is 5.10 Å². The van der Waals surface area contributed by atoms with Crippen LogP contribution in [0.3, 0.4) is 0 Å². The van der Waals surface area contributed by atoms with Crippen molar-refractivity contribution in [2.75, 3.05) is 40.5 Å². The first-order chi connectivity index (χ1) is 12.2. The van der Waals surface area contributed by atoms with E-state index in [4.69, 9.17) is 9.47 Å². The van der Waals surface area contributed by atoms with E-state index >= 15 is 0 Å². The third-order valence-corrected chi connectivity index (χ3v) is 4.00. The first-order valence-corrected chi connectivity index (χ1v) is 8.14. The minimum absolute atomic E-state index is 0.131. The van der Waals surface area contributed by atoms with Crippen LogP contribution in [-0.4, -0.2) is 65.5 Å². The molecule has 0 fully saturated rings. The SMILES string of the molecule is COCCN(CCOC)C(=O)c1ccn(-c2ccc3ccccn23)n1. The molecule has 3 rings (SSSR count). The smallest absolute Gasteiger partial charge is 0.274 e. The van der Waals surface area contributed by atoms with Crippen molar-refractivity contribution in [3.63, 3.8) is 0 Å². The van der Waals surface area contributed by atoms with E-state index < -0.39 is 0 Å². The maximum absolute atomic E-state index is 12.7. The highest BCUT2D eigenvalue weighted by Gasteiger charge is 2.18. The lowest BCUT2D eigenvalue weighted by Gasteiger charge is -2.20. The van der Waals surface area contributed by atoms with Crippen molar-refractivity contribution in [3.8, 4) is 5.82 Å². The van der Waals surface area contributed by atoms with Crippen LogP contribution in [0, 0.1) is 0 Å². The van der Waals surface area contributed by atoms with Gasteiger partial charge in [0.25, 0.3) is 5.91 Å². The number of methoxy groups -OCH3 is 2. The Morgan fingerprint density at radius 2 is 1.80 bits per heavy atom. The summed E-state index contributed by atoms with van der Waals surface area (Å²) in [6, 6.07) is 11.7. The van der Waals surface area contributed by atoms with E-state index in [0.717, 1.165) is 11.3 Å². The Morgan fingerprint density at radius 1 is 1.04 bits per heavy atom. The standard InChI is InChI=1S/C18H22N4O3/c1-24-13-11-20(12-14-25-2)18(23)16-8-10-22(19-16)17-7-6-15-5-3-4-9-21(15)17/h3-10H,11-14H2,1-2H3. The molecule has 7 nitrogen and oxygen atoms in total. The van der Waals surface area contributed by atoms with Gasteiger partial charge in [0, 0.05) is 45.2 Å². The van der Waals surface area contributed by atoms with Gasteiger partial charge in [0.05, 0.1) is 13.2 Å². The van der Waals surface area contributed by atoms with Gasteiger partial charge in [0.15, 0.2) is 5.69 Å². The van der Waals surface area contributed by atoms with Crippen LogP contribution >= 0.6 is 0 Å². The molecule has 7 heteroatoms. The molecule has 0 N–H and O–H groups in total. The van der Waals surface area contributed by atoms with Gasteiger partial charge in [-0.05, 0) is 30.3 Å². The third-order valence-electron chi connectivity index (χ3n) is 4.00. The number of nitrogens with zero attached hydrogens (tertiary/aromatic N) is 4. The van der Waals surface area contributed by atoms with Crippen LogP contribution in [0.5, 0.6) is 0 Å². The van der Waals surface area contributed by atoms with Gasteiger partial charge in [-0.15, -0.1) is 0 Å². The monoisotopic (exact) mass is 342 g/mol. The summed E-state index contributed by atoms with van der Waals surface area (Å²) < 4.78 is 13.9. The highest BCUT2D eigenvalue weighted by molar-refractivity contribution is 5.92. The summed E-state index contributed by atoms with van der Waals surface area (Å²) >= 11 is 0. The zero-order chi connectivity index (χ0) is 17.6. The number of amides is 1. The molecule has 25 heavy (non-hydrogen) atoms. The topological polar surface area (TPSA) is 61.0 Å². The molecule has 3 heterocycles. The van der Waals surface area contributed by atoms with Gasteiger partial charge in [0.1, 0.15) is 5.82 Å². The predicted octanol–water partition coefficient (Wildman–Crippen LogP) is 1.86. The van der Waals surface area contributed by atoms with E-state index in [1.807, 2.05) is 40.9 Å². The van der Waals surface area contributed by atoms with Crippen molar-refractivity contribution in [1.82, 2.24) is 19.1 Å². The van der Waals surface area contributed by atoms with Crippen molar-refractivity contribution in [2.24, 2.45) is 0 Å². The largest absolute Gasteiger partial charge is 0.383 e. The van der Waals surface area contributed by atoms with Crippen molar-refractivity contribution in [1.29, 1.82) is 0 Å². The van der Waals surface area contributed by atoms with Crippen LogP contribution in [0.15, 0.2) is 48.8 Å². The first-order valence-electron chi connectivity index (χ1n) is 8.14. The molecule has 1 amide bonds. The lowest BCUT2D eigenvalue weighted by Crippen LogP contribution is -2.36. The average molecular weight is 342 g/mol. The van der Waals surface area contributed by atoms with E-state index in [1.54, 1.807) is 36.1 Å². The Morgan fingerprint density at radius 3 is 2.52 bits per heavy atom. The summed E-state index contributed by atoms with van der Waals surface area (Å²) in [6.07, 6.45) is 3.77. The van der Waals surface area contributed by atoms with Crippen LogP contribution in [0.1, 0.15) is 10.5 Å². The van der Waals surface area contributed by atoms with Crippen LogP contribution in [0.2, 0.25) is 0 Å². The fourth-order valence-corrected chi connectivity index (χ4v) is 2.67. The lowest BCUT2D eigenvalue weighted by atomic mass is 10.3. The number of rotatable bonds is 8. The first kappa shape index (κ1) is 17.2. The zero-order valence-corrected chi connectivity index (χ0v) is 14.5. The fourth-order valence-electron chi connectivity index (χ4n) is 2.67. The number of hydrogen-bond acceptors (Lipinski definition) is 4. The maximum Gasteiger partial charge on any atom is 0.274 e. The number of fused-ring (bicyclic) bond motifs is 1. The second-order valence-corrected chi connectivity index (χ2v) is 5.61. The molecule has 3 aromatic heterocycles. The molecular weight excluding hydrogens is 320 g/mol. The van der Waals surface area contributed by atoms with Gasteiger partial charge in [0.2, 0.25) is 0 Å². The van der Waals surface area contributed by atoms with Crippen LogP contribution in [0.25, 0.3) is 11.3 Å². The minimum Gasteiger partial charge on any atom is -0.383 e. The summed E-state index contributed by atoms with van der Waals surface area (Å²) in [6.45, 7) is 1.94. The fraction of sp³-hybridized carbons (Fsp3) is 0.333. The summed E-state index contributed by atoms with van der Waals surface area (Å²) in [5.41, 5.74) is 1.47. The average Bonchev–Trinajstić information content (AvgIpc) is 3.28. The van der Waals surface area contributed by atoms with Gasteiger partial charge in [-0.25, -0.2) is 4.68 Å². The predicted molar refractivity (Wildman–Crippen MR) is 94.2 cm³/mol. The number of ether oxygens (including phenoxy) is 2. The molecule has 0 aliphatic rings. The molecule has 0 saturated heterocycles. The molecule has 0 aliphatic carbocycles. The second kappa shape index (κ2) is 7.96. The third kappa shape index (κ3) is 3.72. The lowest BCUT2D eigenvalue weighted by molar-refractivity contribution is 0.0621. The Kier molecular flexibility index (Phi) is 5.47. The summed E-state index contributed by atoms with van der Waals surface area (Å²) in [5.74, 6) is 0.753. The molecule has 0 atom stereocenters.